The van der Waals surface area contributed by atoms with Crippen LogP contribution in [0, 0.1) is 5.92 Å². The summed E-state index contributed by atoms with van der Waals surface area (Å²) in [5.74, 6) is -3.48. The Morgan fingerprint density at radius 1 is 1.31 bits per heavy atom. The van der Waals surface area contributed by atoms with Crippen molar-refractivity contribution in [2.45, 2.75) is 51.2 Å². The van der Waals surface area contributed by atoms with Crippen LogP contribution in [0.3, 0.4) is 0 Å². The molecule has 3 atom stereocenters. The van der Waals surface area contributed by atoms with Crippen LogP contribution in [0.4, 0.5) is 9.52 Å². The summed E-state index contributed by atoms with van der Waals surface area (Å²) < 4.78 is 14.6. The molecule has 172 valence electrons. The van der Waals surface area contributed by atoms with Crippen LogP contribution in [0.5, 0.6) is 0 Å². The molecule has 0 aliphatic carbocycles. The van der Waals surface area contributed by atoms with Gasteiger partial charge in [0, 0.05) is 17.5 Å². The molecule has 3 rings (SSSR count). The van der Waals surface area contributed by atoms with Crippen molar-refractivity contribution in [2.24, 2.45) is 5.92 Å². The highest BCUT2D eigenvalue weighted by Gasteiger charge is 2.41. The number of aromatic nitrogens is 1. The number of halogens is 1. The summed E-state index contributed by atoms with van der Waals surface area (Å²) in [6, 6.07) is 8.79. The average Bonchev–Trinajstić information content (AvgIpc) is 3.49. The highest BCUT2D eigenvalue weighted by atomic mass is 32.1. The largest absolute Gasteiger partial charge is 0.330 e. The minimum Gasteiger partial charge on any atom is -0.330 e. The SMILES string of the molecule is CCCC[C@@H](C(=O)N1CCCC1C(=O)Nc1nc(-c2ccccc2)cs1)[C@@H](F)C(=O)NO. The van der Waals surface area contributed by atoms with E-state index in [0.717, 1.165) is 17.7 Å². The molecule has 2 heterocycles. The smallest absolute Gasteiger partial charge is 0.278 e. The maximum Gasteiger partial charge on any atom is 0.278 e. The summed E-state index contributed by atoms with van der Waals surface area (Å²) in [4.78, 5) is 43.4. The maximum atomic E-state index is 14.6. The van der Waals surface area contributed by atoms with Crippen molar-refractivity contribution in [1.29, 1.82) is 0 Å². The lowest BCUT2D eigenvalue weighted by atomic mass is 9.94. The number of nitrogens with one attached hydrogen (secondary N) is 2. The van der Waals surface area contributed by atoms with Gasteiger partial charge in [0.15, 0.2) is 11.3 Å². The van der Waals surface area contributed by atoms with Crippen LogP contribution in [0.1, 0.15) is 39.0 Å². The van der Waals surface area contributed by atoms with Crippen molar-refractivity contribution in [3.63, 3.8) is 0 Å². The van der Waals surface area contributed by atoms with E-state index in [2.05, 4.69) is 10.3 Å². The summed E-state index contributed by atoms with van der Waals surface area (Å²) in [7, 11) is 0. The van der Waals surface area contributed by atoms with E-state index in [1.54, 1.807) is 0 Å². The summed E-state index contributed by atoms with van der Waals surface area (Å²) in [5, 5.41) is 13.8. The standard InChI is InChI=1S/C22H27FN4O4S/c1-2-3-10-15(18(23)20(29)26-31)21(30)27-12-7-11-17(27)19(28)25-22-24-16(13-32-22)14-8-5-4-6-9-14/h4-6,8-9,13,15,17-18,31H,2-3,7,10-12H2,1H3,(H,26,29)(H,24,25,28)/t15-,17?,18-/m1/s1. The zero-order valence-electron chi connectivity index (χ0n) is 17.8. The van der Waals surface area contributed by atoms with Crippen LogP contribution >= 0.6 is 11.3 Å². The van der Waals surface area contributed by atoms with Gasteiger partial charge in [-0.25, -0.2) is 14.9 Å². The molecule has 1 fully saturated rings. The number of hydroxylamine groups is 1. The zero-order chi connectivity index (χ0) is 23.1. The number of anilines is 1. The van der Waals surface area contributed by atoms with Crippen molar-refractivity contribution < 1.29 is 24.0 Å². The first-order valence-electron chi connectivity index (χ1n) is 10.7. The van der Waals surface area contributed by atoms with E-state index >= 15 is 0 Å². The first-order valence-corrected chi connectivity index (χ1v) is 11.5. The second-order valence-electron chi connectivity index (χ2n) is 7.71. The molecule has 0 radical (unpaired) electrons. The highest BCUT2D eigenvalue weighted by Crippen LogP contribution is 2.28. The topological polar surface area (TPSA) is 112 Å². The second kappa shape index (κ2) is 11.1. The molecule has 1 aromatic carbocycles. The Kier molecular flexibility index (Phi) is 8.29. The zero-order valence-corrected chi connectivity index (χ0v) is 18.6. The average molecular weight is 463 g/mol. The van der Waals surface area contributed by atoms with Crippen molar-refractivity contribution >= 4 is 34.2 Å². The van der Waals surface area contributed by atoms with Crippen LogP contribution in [0.15, 0.2) is 35.7 Å². The van der Waals surface area contributed by atoms with Gasteiger partial charge in [-0.3, -0.25) is 19.6 Å². The maximum absolute atomic E-state index is 14.6. The number of benzene rings is 1. The third-order valence-corrected chi connectivity index (χ3v) is 6.30. The normalized spacial score (nSPS) is 17.6. The van der Waals surface area contributed by atoms with Crippen molar-refractivity contribution in [3.05, 3.63) is 35.7 Å². The van der Waals surface area contributed by atoms with Gasteiger partial charge in [-0.15, -0.1) is 11.3 Å². The van der Waals surface area contributed by atoms with Gasteiger partial charge in [0.25, 0.3) is 5.91 Å². The quantitative estimate of drug-likeness (QED) is 0.391. The predicted molar refractivity (Wildman–Crippen MR) is 119 cm³/mol. The van der Waals surface area contributed by atoms with Gasteiger partial charge in [-0.1, -0.05) is 50.1 Å². The lowest BCUT2D eigenvalue weighted by Gasteiger charge is -2.29. The van der Waals surface area contributed by atoms with E-state index in [0.29, 0.717) is 30.9 Å². The molecule has 1 aliphatic heterocycles. The molecule has 0 saturated carbocycles. The van der Waals surface area contributed by atoms with Gasteiger partial charge in [0.05, 0.1) is 11.6 Å². The summed E-state index contributed by atoms with van der Waals surface area (Å²) >= 11 is 1.28. The number of rotatable bonds is 9. The number of nitrogens with zero attached hydrogens (tertiary/aromatic N) is 2. The number of amides is 3. The number of carbonyl (C=O) groups is 3. The van der Waals surface area contributed by atoms with Crippen LogP contribution in [0.25, 0.3) is 11.3 Å². The van der Waals surface area contributed by atoms with Gasteiger partial charge in [-0.2, -0.15) is 0 Å². The highest BCUT2D eigenvalue weighted by molar-refractivity contribution is 7.14. The fourth-order valence-corrected chi connectivity index (χ4v) is 4.56. The lowest BCUT2D eigenvalue weighted by Crippen LogP contribution is -2.49. The predicted octanol–water partition coefficient (Wildman–Crippen LogP) is 3.39. The van der Waals surface area contributed by atoms with Crippen molar-refractivity contribution in [2.75, 3.05) is 11.9 Å². The van der Waals surface area contributed by atoms with E-state index in [-0.39, 0.29) is 12.3 Å². The molecular formula is C22H27FN4O4S. The fraction of sp³-hybridized carbons (Fsp3) is 0.455. The Morgan fingerprint density at radius 2 is 2.06 bits per heavy atom. The Balaban J connectivity index is 1.70. The van der Waals surface area contributed by atoms with Crippen molar-refractivity contribution in [1.82, 2.24) is 15.4 Å². The first-order chi connectivity index (χ1) is 15.5. The van der Waals surface area contributed by atoms with E-state index in [1.807, 2.05) is 42.6 Å². The van der Waals surface area contributed by atoms with Crippen molar-refractivity contribution in [3.8, 4) is 11.3 Å². The van der Waals surface area contributed by atoms with E-state index < -0.39 is 29.9 Å². The molecule has 10 heteroatoms. The number of alkyl halides is 1. The summed E-state index contributed by atoms with van der Waals surface area (Å²) in [5.41, 5.74) is 2.94. The Bertz CT molecular complexity index is 939. The molecule has 8 nitrogen and oxygen atoms in total. The third kappa shape index (κ3) is 5.49. The molecule has 1 aliphatic rings. The van der Waals surface area contributed by atoms with Crippen LogP contribution in [-0.2, 0) is 14.4 Å². The Labute approximate surface area is 189 Å². The number of unbranched alkanes of at least 4 members (excludes halogenated alkanes) is 1. The van der Waals surface area contributed by atoms with Crippen LogP contribution in [-0.4, -0.2) is 51.6 Å². The van der Waals surface area contributed by atoms with Crippen LogP contribution < -0.4 is 10.8 Å². The fourth-order valence-electron chi connectivity index (χ4n) is 3.84. The van der Waals surface area contributed by atoms with Crippen LogP contribution in [0.2, 0.25) is 0 Å². The molecule has 2 aromatic rings. The summed E-state index contributed by atoms with van der Waals surface area (Å²) in [6.07, 6.45) is 0.271. The number of carbonyl (C=O) groups excluding carboxylic acids is 3. The van der Waals surface area contributed by atoms with E-state index in [9.17, 15) is 18.8 Å². The van der Waals surface area contributed by atoms with E-state index in [1.165, 1.54) is 21.7 Å². The third-order valence-electron chi connectivity index (χ3n) is 5.54. The molecular weight excluding hydrogens is 435 g/mol. The molecule has 32 heavy (non-hydrogen) atoms. The molecule has 0 bridgehead atoms. The molecule has 1 unspecified atom stereocenters. The van der Waals surface area contributed by atoms with Gasteiger partial charge in [-0.05, 0) is 19.3 Å². The first kappa shape index (κ1) is 23.8. The minimum absolute atomic E-state index is 0.154. The minimum atomic E-state index is -2.18. The molecule has 3 N–H and O–H groups in total. The monoisotopic (exact) mass is 462 g/mol. The molecule has 0 spiro atoms. The number of likely N-dealkylation sites (tertiary alicyclic amines) is 1. The molecule has 1 saturated heterocycles. The number of thiazole rings is 1. The second-order valence-corrected chi connectivity index (χ2v) is 8.57. The van der Waals surface area contributed by atoms with Gasteiger partial charge in [0.1, 0.15) is 6.04 Å². The number of hydrogen-bond acceptors (Lipinski definition) is 6. The summed E-state index contributed by atoms with van der Waals surface area (Å²) in [6.45, 7) is 2.20. The van der Waals surface area contributed by atoms with Gasteiger partial charge < -0.3 is 10.2 Å². The van der Waals surface area contributed by atoms with Gasteiger partial charge in [0.2, 0.25) is 11.8 Å². The lowest BCUT2D eigenvalue weighted by molar-refractivity contribution is -0.148. The van der Waals surface area contributed by atoms with E-state index in [4.69, 9.17) is 5.21 Å². The Morgan fingerprint density at radius 3 is 2.75 bits per heavy atom. The Hall–Kier alpha value is -2.85. The van der Waals surface area contributed by atoms with Gasteiger partial charge >= 0.3 is 0 Å². The molecule has 1 aromatic heterocycles. The number of hydrogen-bond donors (Lipinski definition) is 3. The molecule has 3 amide bonds.